The molecule has 0 aliphatic heterocycles. The van der Waals surface area contributed by atoms with E-state index in [2.05, 4.69) is 10.3 Å². The van der Waals surface area contributed by atoms with Crippen molar-refractivity contribution in [1.29, 1.82) is 0 Å². The Balaban J connectivity index is 2.31. The van der Waals surface area contributed by atoms with E-state index in [1.807, 2.05) is 42.5 Å². The highest BCUT2D eigenvalue weighted by atomic mass is 16.2. The summed E-state index contributed by atoms with van der Waals surface area (Å²) in [7, 11) is 1.60. The van der Waals surface area contributed by atoms with Crippen molar-refractivity contribution < 1.29 is 4.79 Å². The van der Waals surface area contributed by atoms with Crippen LogP contribution >= 0.6 is 0 Å². The number of pyridine rings is 1. The van der Waals surface area contributed by atoms with Crippen molar-refractivity contribution in [2.45, 2.75) is 6.54 Å². The molecule has 18 heavy (non-hydrogen) atoms. The molecule has 0 unspecified atom stereocenters. The van der Waals surface area contributed by atoms with Gasteiger partial charge >= 0.3 is 6.03 Å². The molecule has 0 spiro atoms. The molecule has 1 aromatic heterocycles. The van der Waals surface area contributed by atoms with Crippen LogP contribution in [0.3, 0.4) is 0 Å². The number of carbonyl (C=O) groups is 1. The maximum Gasteiger partial charge on any atom is 0.326 e. The molecular formula is C14H15N3O. The Labute approximate surface area is 106 Å². The molecule has 92 valence electrons. The van der Waals surface area contributed by atoms with Gasteiger partial charge in [-0.25, -0.2) is 4.79 Å². The fourth-order valence-corrected chi connectivity index (χ4v) is 1.61. The Kier molecular flexibility index (Phi) is 3.91. The second-order valence-electron chi connectivity index (χ2n) is 3.79. The van der Waals surface area contributed by atoms with Gasteiger partial charge in [0.25, 0.3) is 0 Å². The maximum absolute atomic E-state index is 11.6. The standard InChI is InChI=1S/C14H15N3O/c1-15-14(18)17-10-6-5-9-13(17)16-11-12-7-3-2-4-8-12/h2-10H,11H2,1H3,(H,15,18). The molecule has 1 aromatic carbocycles. The minimum Gasteiger partial charge on any atom is -0.340 e. The summed E-state index contributed by atoms with van der Waals surface area (Å²) in [6.45, 7) is 0.557. The fraction of sp³-hybridized carbons (Fsp3) is 0.143. The first-order valence-corrected chi connectivity index (χ1v) is 5.75. The van der Waals surface area contributed by atoms with Crippen LogP contribution < -0.4 is 10.8 Å². The van der Waals surface area contributed by atoms with Gasteiger partial charge in [0.2, 0.25) is 0 Å². The molecule has 0 saturated heterocycles. The molecule has 4 nitrogen and oxygen atoms in total. The summed E-state index contributed by atoms with van der Waals surface area (Å²) in [5.41, 5.74) is 1.76. The third-order valence-electron chi connectivity index (χ3n) is 2.54. The summed E-state index contributed by atoms with van der Waals surface area (Å²) < 4.78 is 1.49. The first-order chi connectivity index (χ1) is 8.81. The minimum atomic E-state index is -0.192. The van der Waals surface area contributed by atoms with Gasteiger partial charge in [0.15, 0.2) is 0 Å². The van der Waals surface area contributed by atoms with E-state index in [9.17, 15) is 4.79 Å². The molecule has 2 rings (SSSR count). The number of hydrogen-bond donors (Lipinski definition) is 1. The molecule has 4 heteroatoms. The molecule has 0 atom stereocenters. The SMILES string of the molecule is CNC(=O)n1ccccc1=NCc1ccccc1. The molecule has 1 amide bonds. The molecule has 2 aromatic rings. The van der Waals surface area contributed by atoms with Crippen LogP contribution in [0.1, 0.15) is 5.56 Å². The molecule has 0 fully saturated rings. The van der Waals surface area contributed by atoms with Crippen LogP contribution in [0.25, 0.3) is 0 Å². The van der Waals surface area contributed by atoms with Gasteiger partial charge in [-0.1, -0.05) is 36.4 Å². The van der Waals surface area contributed by atoms with Gasteiger partial charge in [-0.2, -0.15) is 0 Å². The van der Waals surface area contributed by atoms with E-state index in [4.69, 9.17) is 0 Å². The number of rotatable bonds is 2. The topological polar surface area (TPSA) is 46.4 Å². The summed E-state index contributed by atoms with van der Waals surface area (Å²) in [4.78, 5) is 16.1. The average molecular weight is 241 g/mol. The van der Waals surface area contributed by atoms with Crippen LogP contribution in [-0.4, -0.2) is 17.6 Å². The number of aromatic nitrogens is 1. The van der Waals surface area contributed by atoms with Crippen molar-refractivity contribution in [3.05, 3.63) is 65.8 Å². The molecule has 0 radical (unpaired) electrons. The number of nitrogens with zero attached hydrogens (tertiary/aromatic N) is 2. The molecule has 1 heterocycles. The Hall–Kier alpha value is -2.36. The van der Waals surface area contributed by atoms with E-state index in [1.54, 1.807) is 19.3 Å². The van der Waals surface area contributed by atoms with Gasteiger partial charge < -0.3 is 5.32 Å². The van der Waals surface area contributed by atoms with Crippen molar-refractivity contribution in [3.63, 3.8) is 0 Å². The Bertz CT molecular complexity index is 587. The van der Waals surface area contributed by atoms with Crippen LogP contribution in [-0.2, 0) is 6.54 Å². The summed E-state index contributed by atoms with van der Waals surface area (Å²) in [5.74, 6) is 0. The van der Waals surface area contributed by atoms with Gasteiger partial charge in [-0.15, -0.1) is 0 Å². The fourth-order valence-electron chi connectivity index (χ4n) is 1.61. The zero-order valence-corrected chi connectivity index (χ0v) is 10.2. The van der Waals surface area contributed by atoms with Crippen molar-refractivity contribution in [3.8, 4) is 0 Å². The zero-order valence-electron chi connectivity index (χ0n) is 10.2. The lowest BCUT2D eigenvalue weighted by Crippen LogP contribution is -2.33. The van der Waals surface area contributed by atoms with Crippen LogP contribution in [0.15, 0.2) is 59.7 Å². The van der Waals surface area contributed by atoms with E-state index in [1.165, 1.54) is 4.57 Å². The molecule has 0 aliphatic rings. The van der Waals surface area contributed by atoms with Gasteiger partial charge in [-0.05, 0) is 17.7 Å². The van der Waals surface area contributed by atoms with E-state index < -0.39 is 0 Å². The molecule has 0 aliphatic carbocycles. The lowest BCUT2D eigenvalue weighted by Gasteiger charge is -2.04. The number of carbonyl (C=O) groups excluding carboxylic acids is 1. The van der Waals surface area contributed by atoms with Gasteiger partial charge in [0, 0.05) is 13.2 Å². The zero-order chi connectivity index (χ0) is 12.8. The van der Waals surface area contributed by atoms with E-state index >= 15 is 0 Å². The highest BCUT2D eigenvalue weighted by molar-refractivity contribution is 5.75. The largest absolute Gasteiger partial charge is 0.340 e. The van der Waals surface area contributed by atoms with Crippen molar-refractivity contribution in [2.75, 3.05) is 7.05 Å². The number of amides is 1. The molecule has 1 N–H and O–H groups in total. The second-order valence-corrected chi connectivity index (χ2v) is 3.79. The normalized spacial score (nSPS) is 11.3. The first kappa shape index (κ1) is 12.1. The highest BCUT2D eigenvalue weighted by Gasteiger charge is 2.00. The van der Waals surface area contributed by atoms with Crippen LogP contribution in [0, 0.1) is 0 Å². The second kappa shape index (κ2) is 5.82. The van der Waals surface area contributed by atoms with Crippen molar-refractivity contribution in [2.24, 2.45) is 4.99 Å². The lowest BCUT2D eigenvalue weighted by molar-refractivity contribution is 0.243. The van der Waals surface area contributed by atoms with Gasteiger partial charge in [-0.3, -0.25) is 9.56 Å². The van der Waals surface area contributed by atoms with Crippen LogP contribution in [0.5, 0.6) is 0 Å². The van der Waals surface area contributed by atoms with E-state index in [0.717, 1.165) is 5.56 Å². The third kappa shape index (κ3) is 2.85. The Morgan fingerprint density at radius 2 is 1.89 bits per heavy atom. The van der Waals surface area contributed by atoms with Gasteiger partial charge in [0.1, 0.15) is 5.49 Å². The highest BCUT2D eigenvalue weighted by Crippen LogP contribution is 1.99. The lowest BCUT2D eigenvalue weighted by atomic mass is 10.2. The van der Waals surface area contributed by atoms with Crippen molar-refractivity contribution in [1.82, 2.24) is 9.88 Å². The first-order valence-electron chi connectivity index (χ1n) is 5.75. The van der Waals surface area contributed by atoms with Gasteiger partial charge in [0.05, 0.1) is 6.54 Å². The molecule has 0 bridgehead atoms. The number of nitrogens with one attached hydrogen (secondary N) is 1. The molecular weight excluding hydrogens is 226 g/mol. The van der Waals surface area contributed by atoms with Crippen LogP contribution in [0.4, 0.5) is 4.79 Å². The van der Waals surface area contributed by atoms with E-state index in [-0.39, 0.29) is 6.03 Å². The minimum absolute atomic E-state index is 0.192. The summed E-state index contributed by atoms with van der Waals surface area (Å²) >= 11 is 0. The predicted molar refractivity (Wildman–Crippen MR) is 70.0 cm³/mol. The Morgan fingerprint density at radius 3 is 2.61 bits per heavy atom. The van der Waals surface area contributed by atoms with Crippen LogP contribution in [0.2, 0.25) is 0 Å². The summed E-state index contributed by atoms with van der Waals surface area (Å²) in [6, 6.07) is 15.2. The summed E-state index contributed by atoms with van der Waals surface area (Å²) in [5, 5.41) is 2.58. The van der Waals surface area contributed by atoms with Crippen molar-refractivity contribution >= 4 is 6.03 Å². The third-order valence-corrected chi connectivity index (χ3v) is 2.54. The quantitative estimate of drug-likeness (QED) is 0.856. The molecule has 0 saturated carbocycles. The Morgan fingerprint density at radius 1 is 1.17 bits per heavy atom. The number of benzene rings is 1. The average Bonchev–Trinajstić information content (AvgIpc) is 2.45. The summed E-state index contributed by atoms with van der Waals surface area (Å²) in [6.07, 6.45) is 1.70. The van der Waals surface area contributed by atoms with E-state index in [0.29, 0.717) is 12.0 Å². The smallest absolute Gasteiger partial charge is 0.326 e. The number of hydrogen-bond acceptors (Lipinski definition) is 2. The monoisotopic (exact) mass is 241 g/mol. The maximum atomic E-state index is 11.6. The predicted octanol–water partition coefficient (Wildman–Crippen LogP) is 1.78.